The first-order valence-electron chi connectivity index (χ1n) is 6.64. The molecule has 0 spiro atoms. The van der Waals surface area contributed by atoms with Crippen molar-refractivity contribution in [3.05, 3.63) is 29.7 Å². The number of aryl methyl sites for hydroxylation is 1. The van der Waals surface area contributed by atoms with E-state index in [9.17, 15) is 9.59 Å². The van der Waals surface area contributed by atoms with E-state index < -0.39 is 17.9 Å². The second-order valence-electron chi connectivity index (χ2n) is 4.85. The van der Waals surface area contributed by atoms with Crippen LogP contribution < -0.4 is 16.8 Å². The molecule has 1 heterocycles. The number of aromatic nitrogens is 1. The third-order valence-electron chi connectivity index (χ3n) is 3.06. The van der Waals surface area contributed by atoms with Crippen LogP contribution in [0.15, 0.2) is 22.6 Å². The number of hydrogen-bond acceptors (Lipinski definition) is 5. The fourth-order valence-corrected chi connectivity index (χ4v) is 1.97. The number of fused-ring (bicyclic) bond motifs is 1. The predicted molar refractivity (Wildman–Crippen MR) is 77.2 cm³/mol. The molecule has 5 N–H and O–H groups in total. The van der Waals surface area contributed by atoms with Gasteiger partial charge >= 0.3 is 0 Å². The fourth-order valence-electron chi connectivity index (χ4n) is 1.97. The van der Waals surface area contributed by atoms with Gasteiger partial charge in [0.1, 0.15) is 5.52 Å². The van der Waals surface area contributed by atoms with Gasteiger partial charge in [0.15, 0.2) is 11.5 Å². The van der Waals surface area contributed by atoms with Gasteiger partial charge in [-0.25, -0.2) is 4.98 Å². The lowest BCUT2D eigenvalue weighted by atomic mass is 10.2. The summed E-state index contributed by atoms with van der Waals surface area (Å²) in [6.45, 7) is 2.29. The van der Waals surface area contributed by atoms with Crippen molar-refractivity contribution >= 4 is 22.9 Å². The molecule has 0 saturated carbocycles. The third-order valence-corrected chi connectivity index (χ3v) is 3.06. The van der Waals surface area contributed by atoms with Crippen molar-refractivity contribution in [3.63, 3.8) is 0 Å². The highest BCUT2D eigenvalue weighted by molar-refractivity contribution is 5.87. The van der Waals surface area contributed by atoms with Crippen molar-refractivity contribution in [1.29, 1.82) is 0 Å². The van der Waals surface area contributed by atoms with Crippen molar-refractivity contribution in [3.8, 4) is 0 Å². The SMILES string of the molecule is Cc1cccc2oc(CCNC(=O)C(N)CC(N)=O)nc12. The first-order chi connectivity index (χ1) is 9.97. The van der Waals surface area contributed by atoms with Crippen molar-refractivity contribution < 1.29 is 14.0 Å². The van der Waals surface area contributed by atoms with Crippen LogP contribution in [0.5, 0.6) is 0 Å². The second kappa shape index (κ2) is 6.36. The molecule has 2 rings (SSSR count). The maximum atomic E-state index is 11.6. The summed E-state index contributed by atoms with van der Waals surface area (Å²) in [4.78, 5) is 26.7. The molecule has 0 bridgehead atoms. The highest BCUT2D eigenvalue weighted by Gasteiger charge is 2.15. The Labute approximate surface area is 121 Å². The van der Waals surface area contributed by atoms with Gasteiger partial charge in [-0.2, -0.15) is 0 Å². The van der Waals surface area contributed by atoms with Gasteiger partial charge in [0.2, 0.25) is 11.8 Å². The molecule has 0 radical (unpaired) electrons. The molecule has 0 aliphatic heterocycles. The average molecular weight is 290 g/mol. The van der Waals surface area contributed by atoms with Crippen LogP contribution in [0.25, 0.3) is 11.1 Å². The van der Waals surface area contributed by atoms with Crippen LogP contribution in [0.3, 0.4) is 0 Å². The molecule has 1 aromatic heterocycles. The van der Waals surface area contributed by atoms with Gasteiger partial charge in [0, 0.05) is 13.0 Å². The van der Waals surface area contributed by atoms with E-state index in [0.717, 1.165) is 16.7 Å². The van der Waals surface area contributed by atoms with Gasteiger partial charge < -0.3 is 21.2 Å². The molecule has 0 aliphatic carbocycles. The number of para-hydroxylation sites is 1. The van der Waals surface area contributed by atoms with Crippen LogP contribution in [0, 0.1) is 6.92 Å². The maximum absolute atomic E-state index is 11.6. The van der Waals surface area contributed by atoms with Gasteiger partial charge in [-0.3, -0.25) is 9.59 Å². The van der Waals surface area contributed by atoms with Crippen molar-refractivity contribution in [2.24, 2.45) is 11.5 Å². The number of carbonyl (C=O) groups is 2. The molecule has 1 aromatic carbocycles. The zero-order chi connectivity index (χ0) is 15.4. The molecule has 0 saturated heterocycles. The summed E-state index contributed by atoms with van der Waals surface area (Å²) in [5, 5.41) is 2.62. The van der Waals surface area contributed by atoms with Crippen molar-refractivity contribution in [1.82, 2.24) is 10.3 Å². The normalized spacial score (nSPS) is 12.3. The Balaban J connectivity index is 1.89. The standard InChI is InChI=1S/C14H18N4O3/c1-8-3-2-4-10-13(8)18-12(21-10)5-6-17-14(20)9(15)7-11(16)19/h2-4,9H,5-7,15H2,1H3,(H2,16,19)(H,17,20). The van der Waals surface area contributed by atoms with E-state index in [4.69, 9.17) is 15.9 Å². The summed E-state index contributed by atoms with van der Waals surface area (Å²) in [7, 11) is 0. The van der Waals surface area contributed by atoms with E-state index in [1.807, 2.05) is 25.1 Å². The van der Waals surface area contributed by atoms with Crippen LogP contribution >= 0.6 is 0 Å². The van der Waals surface area contributed by atoms with Crippen LogP contribution in [0.1, 0.15) is 17.9 Å². The summed E-state index contributed by atoms with van der Waals surface area (Å²) >= 11 is 0. The monoisotopic (exact) mass is 290 g/mol. The number of oxazole rings is 1. The summed E-state index contributed by atoms with van der Waals surface area (Å²) < 4.78 is 5.59. The van der Waals surface area contributed by atoms with E-state index in [1.165, 1.54) is 0 Å². The minimum absolute atomic E-state index is 0.173. The molecule has 2 amide bonds. The van der Waals surface area contributed by atoms with Crippen molar-refractivity contribution in [2.75, 3.05) is 6.54 Å². The number of benzene rings is 1. The Hall–Kier alpha value is -2.41. The lowest BCUT2D eigenvalue weighted by Crippen LogP contribution is -2.43. The van der Waals surface area contributed by atoms with Crippen LogP contribution in [-0.4, -0.2) is 29.4 Å². The number of rotatable bonds is 6. The lowest BCUT2D eigenvalue weighted by molar-refractivity contribution is -0.126. The largest absolute Gasteiger partial charge is 0.441 e. The Morgan fingerprint density at radius 1 is 1.43 bits per heavy atom. The van der Waals surface area contributed by atoms with E-state index in [1.54, 1.807) is 0 Å². The third kappa shape index (κ3) is 3.79. The summed E-state index contributed by atoms with van der Waals surface area (Å²) in [6.07, 6.45) is 0.275. The number of primary amides is 1. The van der Waals surface area contributed by atoms with Crippen LogP contribution in [-0.2, 0) is 16.0 Å². The van der Waals surface area contributed by atoms with Gasteiger partial charge in [-0.15, -0.1) is 0 Å². The molecular formula is C14H18N4O3. The van der Waals surface area contributed by atoms with E-state index in [0.29, 0.717) is 18.9 Å². The summed E-state index contributed by atoms with van der Waals surface area (Å²) in [6, 6.07) is 4.78. The maximum Gasteiger partial charge on any atom is 0.237 e. The van der Waals surface area contributed by atoms with Crippen molar-refractivity contribution in [2.45, 2.75) is 25.8 Å². The second-order valence-corrected chi connectivity index (χ2v) is 4.85. The van der Waals surface area contributed by atoms with E-state index in [2.05, 4.69) is 10.3 Å². The molecule has 112 valence electrons. The molecule has 0 aliphatic rings. The number of nitrogens with zero attached hydrogens (tertiary/aromatic N) is 1. The number of nitrogens with one attached hydrogen (secondary N) is 1. The molecule has 1 unspecified atom stereocenters. The summed E-state index contributed by atoms with van der Waals surface area (Å²) in [5.41, 5.74) is 13.1. The first kappa shape index (κ1) is 15.0. The highest BCUT2D eigenvalue weighted by atomic mass is 16.3. The Bertz CT molecular complexity index is 665. The van der Waals surface area contributed by atoms with Gasteiger partial charge in [0.05, 0.1) is 12.5 Å². The van der Waals surface area contributed by atoms with Gasteiger partial charge in [-0.05, 0) is 18.6 Å². The summed E-state index contributed by atoms with van der Waals surface area (Å²) in [5.74, 6) is -0.476. The Morgan fingerprint density at radius 2 is 2.19 bits per heavy atom. The predicted octanol–water partition coefficient (Wildman–Crippen LogP) is -0.00238. The smallest absolute Gasteiger partial charge is 0.237 e. The molecule has 1 atom stereocenters. The number of nitrogens with two attached hydrogens (primary N) is 2. The molecule has 2 aromatic rings. The number of carbonyl (C=O) groups excluding carboxylic acids is 2. The fraction of sp³-hybridized carbons (Fsp3) is 0.357. The van der Waals surface area contributed by atoms with Gasteiger partial charge in [-0.1, -0.05) is 12.1 Å². The Kier molecular flexibility index (Phi) is 4.54. The van der Waals surface area contributed by atoms with E-state index >= 15 is 0 Å². The number of hydrogen-bond donors (Lipinski definition) is 3. The molecule has 7 nitrogen and oxygen atoms in total. The lowest BCUT2D eigenvalue weighted by Gasteiger charge is -2.09. The zero-order valence-corrected chi connectivity index (χ0v) is 11.8. The molecular weight excluding hydrogens is 272 g/mol. The van der Waals surface area contributed by atoms with Crippen LogP contribution in [0.4, 0.5) is 0 Å². The highest BCUT2D eigenvalue weighted by Crippen LogP contribution is 2.18. The average Bonchev–Trinajstić information content (AvgIpc) is 2.82. The first-order valence-corrected chi connectivity index (χ1v) is 6.64. The minimum atomic E-state index is -0.923. The molecule has 0 fully saturated rings. The number of amides is 2. The van der Waals surface area contributed by atoms with Crippen LogP contribution in [0.2, 0.25) is 0 Å². The Morgan fingerprint density at radius 3 is 2.86 bits per heavy atom. The topological polar surface area (TPSA) is 124 Å². The van der Waals surface area contributed by atoms with Gasteiger partial charge in [0.25, 0.3) is 0 Å². The minimum Gasteiger partial charge on any atom is -0.441 e. The van der Waals surface area contributed by atoms with E-state index in [-0.39, 0.29) is 6.42 Å². The zero-order valence-electron chi connectivity index (χ0n) is 11.8. The molecule has 7 heteroatoms. The quantitative estimate of drug-likeness (QED) is 0.690. The molecule has 21 heavy (non-hydrogen) atoms.